The summed E-state index contributed by atoms with van der Waals surface area (Å²) in [5, 5.41) is 4.79. The normalized spacial score (nSPS) is 13.4. The number of nitrogens with one attached hydrogen (secondary N) is 1. The first-order chi connectivity index (χ1) is 14.7. The number of hydrogen-bond acceptors (Lipinski definition) is 6. The second kappa shape index (κ2) is 8.49. The van der Waals surface area contributed by atoms with Crippen LogP contribution >= 0.6 is 0 Å². The third kappa shape index (κ3) is 3.58. The molecule has 0 unspecified atom stereocenters. The summed E-state index contributed by atoms with van der Waals surface area (Å²) in [7, 11) is 4.62. The van der Waals surface area contributed by atoms with E-state index in [1.54, 1.807) is 25.4 Å². The smallest absolute Gasteiger partial charge is 0.257 e. The summed E-state index contributed by atoms with van der Waals surface area (Å²) < 4.78 is 16.1. The average Bonchev–Trinajstić information content (AvgIpc) is 3.32. The summed E-state index contributed by atoms with van der Waals surface area (Å²) >= 11 is 0. The topological polar surface area (TPSA) is 72.9 Å². The number of ether oxygens (including phenoxy) is 3. The van der Waals surface area contributed by atoms with Crippen molar-refractivity contribution in [3.63, 3.8) is 0 Å². The Morgan fingerprint density at radius 3 is 2.20 bits per heavy atom. The number of aromatic nitrogens is 1. The Hall–Kier alpha value is -3.48. The molecule has 1 saturated heterocycles. The van der Waals surface area contributed by atoms with Crippen molar-refractivity contribution in [2.45, 2.75) is 12.8 Å². The molecule has 1 aliphatic heterocycles. The molecule has 1 N–H and O–H groups in total. The molecule has 1 amide bonds. The van der Waals surface area contributed by atoms with Crippen LogP contribution in [0.25, 0.3) is 10.8 Å². The van der Waals surface area contributed by atoms with E-state index in [0.717, 1.165) is 29.7 Å². The lowest BCUT2D eigenvalue weighted by Gasteiger charge is -2.20. The van der Waals surface area contributed by atoms with Gasteiger partial charge in [-0.1, -0.05) is 24.3 Å². The van der Waals surface area contributed by atoms with Crippen LogP contribution in [0.5, 0.6) is 17.2 Å². The van der Waals surface area contributed by atoms with Gasteiger partial charge < -0.3 is 24.4 Å². The lowest BCUT2D eigenvalue weighted by Crippen LogP contribution is -2.20. The molecule has 4 rings (SSSR count). The zero-order valence-corrected chi connectivity index (χ0v) is 17.4. The molecule has 0 atom stereocenters. The van der Waals surface area contributed by atoms with Gasteiger partial charge in [-0.2, -0.15) is 0 Å². The van der Waals surface area contributed by atoms with E-state index in [4.69, 9.17) is 14.2 Å². The molecule has 1 fully saturated rings. The molecule has 1 aromatic heterocycles. The van der Waals surface area contributed by atoms with Crippen LogP contribution < -0.4 is 24.4 Å². The Morgan fingerprint density at radius 2 is 1.60 bits per heavy atom. The quantitative estimate of drug-likeness (QED) is 0.663. The van der Waals surface area contributed by atoms with E-state index in [-0.39, 0.29) is 5.91 Å². The minimum Gasteiger partial charge on any atom is -0.493 e. The number of methoxy groups -OCH3 is 3. The standard InChI is InChI=1S/C23H25N3O4/c1-28-19-12-15(13-20(29-2)21(19)30-3)25-23(27)18-14-24-22(26-10-6-7-11-26)17-9-5-4-8-16(17)18/h4-5,8-9,12-14H,6-7,10-11H2,1-3H3,(H,25,27). The van der Waals surface area contributed by atoms with Crippen molar-refractivity contribution >= 4 is 28.2 Å². The number of carbonyl (C=O) groups is 1. The van der Waals surface area contributed by atoms with Crippen LogP contribution in [0, 0.1) is 0 Å². The molecule has 3 aromatic rings. The molecule has 0 aliphatic carbocycles. The lowest BCUT2D eigenvalue weighted by molar-refractivity contribution is 0.102. The van der Waals surface area contributed by atoms with E-state index in [1.807, 2.05) is 24.3 Å². The maximum Gasteiger partial charge on any atom is 0.257 e. The molecular weight excluding hydrogens is 382 g/mol. The number of rotatable bonds is 6. The van der Waals surface area contributed by atoms with Crippen LogP contribution in [0.2, 0.25) is 0 Å². The van der Waals surface area contributed by atoms with Crippen LogP contribution in [0.4, 0.5) is 11.5 Å². The molecule has 156 valence electrons. The van der Waals surface area contributed by atoms with Crippen molar-refractivity contribution in [1.29, 1.82) is 0 Å². The van der Waals surface area contributed by atoms with Crippen molar-refractivity contribution in [3.8, 4) is 17.2 Å². The molecule has 1 aliphatic rings. The molecule has 2 heterocycles. The fraction of sp³-hybridized carbons (Fsp3) is 0.304. The van der Waals surface area contributed by atoms with Crippen molar-refractivity contribution in [2.24, 2.45) is 0 Å². The fourth-order valence-electron chi connectivity index (χ4n) is 3.89. The Balaban J connectivity index is 1.70. The van der Waals surface area contributed by atoms with Gasteiger partial charge in [0.2, 0.25) is 5.75 Å². The zero-order chi connectivity index (χ0) is 21.1. The van der Waals surface area contributed by atoms with Crippen molar-refractivity contribution < 1.29 is 19.0 Å². The second-order valence-electron chi connectivity index (χ2n) is 7.10. The monoisotopic (exact) mass is 407 g/mol. The first-order valence-corrected chi connectivity index (χ1v) is 9.90. The van der Waals surface area contributed by atoms with E-state index in [1.165, 1.54) is 27.1 Å². The first kappa shape index (κ1) is 19.8. The highest BCUT2D eigenvalue weighted by Crippen LogP contribution is 2.40. The van der Waals surface area contributed by atoms with Crippen LogP contribution in [-0.2, 0) is 0 Å². The molecule has 0 saturated carbocycles. The van der Waals surface area contributed by atoms with Crippen molar-refractivity contribution in [1.82, 2.24) is 4.98 Å². The Kier molecular flexibility index (Phi) is 5.61. The van der Waals surface area contributed by atoms with Gasteiger partial charge in [-0.05, 0) is 18.2 Å². The second-order valence-corrected chi connectivity index (χ2v) is 7.10. The predicted molar refractivity (Wildman–Crippen MR) is 117 cm³/mol. The molecule has 2 aromatic carbocycles. The Labute approximate surface area is 175 Å². The number of carbonyl (C=O) groups excluding carboxylic acids is 1. The van der Waals surface area contributed by atoms with Crippen LogP contribution in [0.3, 0.4) is 0 Å². The minimum absolute atomic E-state index is 0.249. The summed E-state index contributed by atoms with van der Waals surface area (Å²) in [5.41, 5.74) is 1.06. The van der Waals surface area contributed by atoms with Gasteiger partial charge in [0.1, 0.15) is 5.82 Å². The zero-order valence-electron chi connectivity index (χ0n) is 17.4. The molecule has 0 spiro atoms. The van der Waals surface area contributed by atoms with E-state index in [9.17, 15) is 4.79 Å². The van der Waals surface area contributed by atoms with Gasteiger partial charge in [-0.15, -0.1) is 0 Å². The number of nitrogens with zero attached hydrogens (tertiary/aromatic N) is 2. The number of fused-ring (bicyclic) bond motifs is 1. The van der Waals surface area contributed by atoms with Gasteiger partial charge in [-0.3, -0.25) is 4.79 Å². The van der Waals surface area contributed by atoms with Gasteiger partial charge in [-0.25, -0.2) is 4.98 Å². The Morgan fingerprint density at radius 1 is 0.967 bits per heavy atom. The van der Waals surface area contributed by atoms with E-state index in [2.05, 4.69) is 15.2 Å². The predicted octanol–water partition coefficient (Wildman–Crippen LogP) is 4.11. The maximum atomic E-state index is 13.1. The van der Waals surface area contributed by atoms with Crippen molar-refractivity contribution in [2.75, 3.05) is 44.6 Å². The highest BCUT2D eigenvalue weighted by molar-refractivity contribution is 6.14. The summed E-state index contributed by atoms with van der Waals surface area (Å²) in [6, 6.07) is 11.3. The molecule has 7 heteroatoms. The summed E-state index contributed by atoms with van der Waals surface area (Å²) in [5.74, 6) is 2.10. The van der Waals surface area contributed by atoms with Gasteiger partial charge in [0.05, 0.1) is 26.9 Å². The summed E-state index contributed by atoms with van der Waals surface area (Å²) in [6.45, 7) is 1.99. The van der Waals surface area contributed by atoms with E-state index < -0.39 is 0 Å². The molecule has 7 nitrogen and oxygen atoms in total. The third-order valence-electron chi connectivity index (χ3n) is 5.35. The summed E-state index contributed by atoms with van der Waals surface area (Å²) in [6.07, 6.45) is 3.99. The summed E-state index contributed by atoms with van der Waals surface area (Å²) in [4.78, 5) is 20.1. The van der Waals surface area contributed by atoms with Gasteiger partial charge in [0, 0.05) is 42.5 Å². The number of hydrogen-bond donors (Lipinski definition) is 1. The van der Waals surface area contributed by atoms with Crippen molar-refractivity contribution in [3.05, 3.63) is 48.2 Å². The largest absolute Gasteiger partial charge is 0.493 e. The Bertz CT molecular complexity index is 1050. The fourth-order valence-corrected chi connectivity index (χ4v) is 3.89. The molecule has 0 radical (unpaired) electrons. The number of anilines is 2. The SMILES string of the molecule is COc1cc(NC(=O)c2cnc(N3CCCC3)c3ccccc23)cc(OC)c1OC. The van der Waals surface area contributed by atoms with Gasteiger partial charge in [0.15, 0.2) is 11.5 Å². The van der Waals surface area contributed by atoms with Crippen LogP contribution in [0.1, 0.15) is 23.2 Å². The number of pyridine rings is 1. The maximum absolute atomic E-state index is 13.1. The molecule has 30 heavy (non-hydrogen) atoms. The number of benzene rings is 2. The minimum atomic E-state index is -0.249. The van der Waals surface area contributed by atoms with E-state index in [0.29, 0.717) is 28.5 Å². The third-order valence-corrected chi connectivity index (χ3v) is 5.35. The highest BCUT2D eigenvalue weighted by atomic mass is 16.5. The van der Waals surface area contributed by atoms with Gasteiger partial charge in [0.25, 0.3) is 5.91 Å². The van der Waals surface area contributed by atoms with E-state index >= 15 is 0 Å². The van der Waals surface area contributed by atoms with Gasteiger partial charge >= 0.3 is 0 Å². The molecule has 0 bridgehead atoms. The first-order valence-electron chi connectivity index (χ1n) is 9.90. The molecular formula is C23H25N3O4. The average molecular weight is 407 g/mol. The number of amides is 1. The van der Waals surface area contributed by atoms with Crippen LogP contribution in [-0.4, -0.2) is 45.3 Å². The lowest BCUT2D eigenvalue weighted by atomic mass is 10.1. The highest BCUT2D eigenvalue weighted by Gasteiger charge is 2.20. The van der Waals surface area contributed by atoms with Crippen LogP contribution in [0.15, 0.2) is 42.6 Å².